The Bertz CT molecular complexity index is 746. The van der Waals surface area contributed by atoms with Gasteiger partial charge in [-0.2, -0.15) is 0 Å². The van der Waals surface area contributed by atoms with Crippen LogP contribution in [0, 0.1) is 0 Å². The molecule has 1 aliphatic heterocycles. The van der Waals surface area contributed by atoms with Gasteiger partial charge in [-0.15, -0.1) is 0 Å². The van der Waals surface area contributed by atoms with Crippen molar-refractivity contribution in [3.8, 4) is 5.75 Å². The van der Waals surface area contributed by atoms with E-state index in [0.29, 0.717) is 6.54 Å². The predicted molar refractivity (Wildman–Crippen MR) is 105 cm³/mol. The van der Waals surface area contributed by atoms with Crippen LogP contribution >= 0.6 is 0 Å². The summed E-state index contributed by atoms with van der Waals surface area (Å²) in [6.45, 7) is 4.43. The van der Waals surface area contributed by atoms with Crippen LogP contribution in [0.5, 0.6) is 5.75 Å². The largest absolute Gasteiger partial charge is 0.497 e. The summed E-state index contributed by atoms with van der Waals surface area (Å²) >= 11 is 0. The summed E-state index contributed by atoms with van der Waals surface area (Å²) in [6.07, 6.45) is 1.81. The van der Waals surface area contributed by atoms with Crippen molar-refractivity contribution < 1.29 is 9.53 Å². The molecule has 0 amide bonds. The predicted octanol–water partition coefficient (Wildman–Crippen LogP) is 2.88. The fraction of sp³-hybridized carbons (Fsp3) is 0.333. The number of hydrogen-bond acceptors (Lipinski definition) is 5. The standard InChI is InChI=1S/C21H25N3O2/c1-23-11-13-24(14-12-23)16-21(25)18-5-7-19(8-6-18)22-15-17-3-9-20(26-2)10-4-17/h3-10,15H,11-14,16H2,1-2H3. The van der Waals surface area contributed by atoms with Crippen molar-refractivity contribution in [3.05, 3.63) is 59.7 Å². The van der Waals surface area contributed by atoms with Crippen molar-refractivity contribution in [3.63, 3.8) is 0 Å². The van der Waals surface area contributed by atoms with E-state index in [4.69, 9.17) is 4.74 Å². The Labute approximate surface area is 154 Å². The van der Waals surface area contributed by atoms with E-state index >= 15 is 0 Å². The highest BCUT2D eigenvalue weighted by Crippen LogP contribution is 2.15. The lowest BCUT2D eigenvalue weighted by Crippen LogP contribution is -2.46. The number of carbonyl (C=O) groups excluding carboxylic acids is 1. The molecule has 0 aliphatic carbocycles. The van der Waals surface area contributed by atoms with Gasteiger partial charge in [0.2, 0.25) is 0 Å². The second-order valence-corrected chi connectivity index (χ2v) is 6.58. The van der Waals surface area contributed by atoms with Crippen LogP contribution in [-0.2, 0) is 0 Å². The van der Waals surface area contributed by atoms with Gasteiger partial charge >= 0.3 is 0 Å². The van der Waals surface area contributed by atoms with Crippen molar-refractivity contribution >= 4 is 17.7 Å². The first-order valence-electron chi connectivity index (χ1n) is 8.86. The number of hydrogen-bond donors (Lipinski definition) is 0. The summed E-state index contributed by atoms with van der Waals surface area (Å²) in [5, 5.41) is 0. The molecule has 0 N–H and O–H groups in total. The van der Waals surface area contributed by atoms with Crippen molar-refractivity contribution in [2.24, 2.45) is 4.99 Å². The van der Waals surface area contributed by atoms with Crippen LogP contribution in [0.2, 0.25) is 0 Å². The Morgan fingerprint density at radius 1 is 1.04 bits per heavy atom. The number of nitrogens with zero attached hydrogens (tertiary/aromatic N) is 3. The van der Waals surface area contributed by atoms with Gasteiger partial charge in [0.1, 0.15) is 5.75 Å². The molecule has 0 atom stereocenters. The molecular formula is C21H25N3O2. The molecule has 136 valence electrons. The van der Waals surface area contributed by atoms with E-state index < -0.39 is 0 Å². The van der Waals surface area contributed by atoms with Gasteiger partial charge in [-0.1, -0.05) is 0 Å². The number of carbonyl (C=O) groups is 1. The van der Waals surface area contributed by atoms with Crippen LogP contribution in [-0.4, -0.2) is 68.7 Å². The van der Waals surface area contributed by atoms with Gasteiger partial charge in [0, 0.05) is 38.0 Å². The summed E-state index contributed by atoms with van der Waals surface area (Å²) in [7, 11) is 3.76. The Morgan fingerprint density at radius 2 is 1.69 bits per heavy atom. The van der Waals surface area contributed by atoms with Gasteiger partial charge in [-0.25, -0.2) is 0 Å². The van der Waals surface area contributed by atoms with Crippen LogP contribution in [0.15, 0.2) is 53.5 Å². The van der Waals surface area contributed by atoms with Crippen molar-refractivity contribution in [2.75, 3.05) is 46.9 Å². The molecular weight excluding hydrogens is 326 g/mol. The zero-order chi connectivity index (χ0) is 18.4. The third-order valence-corrected chi connectivity index (χ3v) is 4.63. The first-order valence-corrected chi connectivity index (χ1v) is 8.86. The quantitative estimate of drug-likeness (QED) is 0.593. The first-order chi connectivity index (χ1) is 12.6. The highest BCUT2D eigenvalue weighted by Gasteiger charge is 2.17. The number of rotatable bonds is 6. The van der Waals surface area contributed by atoms with E-state index in [0.717, 1.165) is 48.7 Å². The minimum Gasteiger partial charge on any atom is -0.497 e. The Morgan fingerprint density at radius 3 is 2.31 bits per heavy atom. The van der Waals surface area contributed by atoms with Crippen LogP contribution in [0.3, 0.4) is 0 Å². The number of ketones is 1. The fourth-order valence-corrected chi connectivity index (χ4v) is 2.87. The average Bonchev–Trinajstić information content (AvgIpc) is 2.69. The Hall–Kier alpha value is -2.50. The van der Waals surface area contributed by atoms with Gasteiger partial charge in [-0.05, 0) is 61.1 Å². The fourth-order valence-electron chi connectivity index (χ4n) is 2.87. The van der Waals surface area contributed by atoms with E-state index in [1.54, 1.807) is 13.3 Å². The molecule has 0 aromatic heterocycles. The maximum atomic E-state index is 12.4. The molecule has 26 heavy (non-hydrogen) atoms. The zero-order valence-electron chi connectivity index (χ0n) is 15.4. The van der Waals surface area contributed by atoms with Crippen LogP contribution in [0.1, 0.15) is 15.9 Å². The Kier molecular flexibility index (Phi) is 6.15. The lowest BCUT2D eigenvalue weighted by atomic mass is 10.1. The molecule has 5 nitrogen and oxygen atoms in total. The van der Waals surface area contributed by atoms with E-state index in [9.17, 15) is 4.79 Å². The molecule has 0 saturated carbocycles. The molecule has 1 saturated heterocycles. The maximum absolute atomic E-state index is 12.4. The van der Waals surface area contributed by atoms with Crippen LogP contribution < -0.4 is 4.74 Å². The van der Waals surface area contributed by atoms with E-state index in [1.807, 2.05) is 48.5 Å². The van der Waals surface area contributed by atoms with E-state index in [1.165, 1.54) is 0 Å². The number of piperazine rings is 1. The number of methoxy groups -OCH3 is 1. The van der Waals surface area contributed by atoms with Gasteiger partial charge in [0.05, 0.1) is 19.3 Å². The maximum Gasteiger partial charge on any atom is 0.176 e. The monoisotopic (exact) mass is 351 g/mol. The number of likely N-dealkylation sites (N-methyl/N-ethyl adjacent to an activating group) is 1. The highest BCUT2D eigenvalue weighted by atomic mass is 16.5. The second-order valence-electron chi connectivity index (χ2n) is 6.58. The third kappa shape index (κ3) is 5.00. The molecule has 0 spiro atoms. The molecule has 0 bridgehead atoms. The molecule has 1 heterocycles. The molecule has 0 unspecified atom stereocenters. The summed E-state index contributed by atoms with van der Waals surface area (Å²) in [6, 6.07) is 15.2. The minimum atomic E-state index is 0.167. The van der Waals surface area contributed by atoms with Crippen molar-refractivity contribution in [1.29, 1.82) is 0 Å². The van der Waals surface area contributed by atoms with Gasteiger partial charge in [0.15, 0.2) is 5.78 Å². The molecule has 2 aromatic carbocycles. The normalized spacial score (nSPS) is 16.1. The summed E-state index contributed by atoms with van der Waals surface area (Å²) in [5.41, 5.74) is 2.57. The van der Waals surface area contributed by atoms with Crippen molar-refractivity contribution in [2.45, 2.75) is 0 Å². The van der Waals surface area contributed by atoms with Gasteiger partial charge < -0.3 is 9.64 Å². The molecule has 2 aromatic rings. The molecule has 0 radical (unpaired) electrons. The summed E-state index contributed by atoms with van der Waals surface area (Å²) in [5.74, 6) is 0.991. The average molecular weight is 351 g/mol. The number of aliphatic imine (C=N–C) groups is 1. The van der Waals surface area contributed by atoms with Crippen LogP contribution in [0.4, 0.5) is 5.69 Å². The minimum absolute atomic E-state index is 0.167. The van der Waals surface area contributed by atoms with Crippen molar-refractivity contribution in [1.82, 2.24) is 9.80 Å². The zero-order valence-corrected chi connectivity index (χ0v) is 15.4. The highest BCUT2D eigenvalue weighted by molar-refractivity contribution is 5.98. The molecule has 3 rings (SSSR count). The number of benzene rings is 2. The van der Waals surface area contributed by atoms with E-state index in [2.05, 4.69) is 21.8 Å². The molecule has 5 heteroatoms. The second kappa shape index (κ2) is 8.74. The Balaban J connectivity index is 1.57. The SMILES string of the molecule is COc1ccc(C=Nc2ccc(C(=O)CN3CCN(C)CC3)cc2)cc1. The van der Waals surface area contributed by atoms with Crippen LogP contribution in [0.25, 0.3) is 0 Å². The molecule has 1 fully saturated rings. The third-order valence-electron chi connectivity index (χ3n) is 4.63. The summed E-state index contributed by atoms with van der Waals surface area (Å²) in [4.78, 5) is 21.4. The number of Topliss-reactive ketones (excluding diaryl/α,β-unsaturated/α-hetero) is 1. The topological polar surface area (TPSA) is 45.1 Å². The lowest BCUT2D eigenvalue weighted by Gasteiger charge is -2.31. The van der Waals surface area contributed by atoms with Gasteiger partial charge in [-0.3, -0.25) is 14.7 Å². The first kappa shape index (κ1) is 18.3. The summed E-state index contributed by atoms with van der Waals surface area (Å²) < 4.78 is 5.14. The smallest absolute Gasteiger partial charge is 0.176 e. The van der Waals surface area contributed by atoms with E-state index in [-0.39, 0.29) is 5.78 Å². The number of ether oxygens (including phenoxy) is 1. The lowest BCUT2D eigenvalue weighted by molar-refractivity contribution is 0.0876. The van der Waals surface area contributed by atoms with Gasteiger partial charge in [0.25, 0.3) is 0 Å². The molecule has 1 aliphatic rings.